The predicted octanol–water partition coefficient (Wildman–Crippen LogP) is 2.88. The number of benzene rings is 2. The Labute approximate surface area is 151 Å². The zero-order valence-corrected chi connectivity index (χ0v) is 14.4. The van der Waals surface area contributed by atoms with Crippen molar-refractivity contribution in [2.45, 2.75) is 13.5 Å². The van der Waals surface area contributed by atoms with Crippen LogP contribution in [0.25, 0.3) is 5.69 Å². The molecule has 1 aliphatic heterocycles. The van der Waals surface area contributed by atoms with Crippen molar-refractivity contribution in [3.05, 3.63) is 71.8 Å². The summed E-state index contributed by atoms with van der Waals surface area (Å²) in [6, 6.07) is 13.2. The van der Waals surface area contributed by atoms with Crippen LogP contribution >= 0.6 is 0 Å². The number of hydrogen-bond acceptors (Lipinski definition) is 4. The Morgan fingerprint density at radius 3 is 2.77 bits per heavy atom. The SMILES string of the molecule is Cc1nccn1-c1ccccc1CNC(=O)c1ccc2c(c1)OCCO2. The Hall–Kier alpha value is -3.28. The molecule has 4 rings (SSSR count). The van der Waals surface area contributed by atoms with Gasteiger partial charge in [-0.15, -0.1) is 0 Å². The lowest BCUT2D eigenvalue weighted by Gasteiger charge is -2.18. The first-order valence-corrected chi connectivity index (χ1v) is 8.48. The molecule has 2 heterocycles. The minimum atomic E-state index is -0.154. The molecule has 0 atom stereocenters. The van der Waals surface area contributed by atoms with Crippen molar-refractivity contribution < 1.29 is 14.3 Å². The van der Waals surface area contributed by atoms with E-state index < -0.39 is 0 Å². The van der Waals surface area contributed by atoms with Crippen LogP contribution in [0.5, 0.6) is 11.5 Å². The zero-order chi connectivity index (χ0) is 17.9. The van der Waals surface area contributed by atoms with E-state index in [0.29, 0.717) is 36.8 Å². The van der Waals surface area contributed by atoms with Gasteiger partial charge in [-0.1, -0.05) is 18.2 Å². The summed E-state index contributed by atoms with van der Waals surface area (Å²) in [6.07, 6.45) is 3.68. The highest BCUT2D eigenvalue weighted by Gasteiger charge is 2.15. The van der Waals surface area contributed by atoms with Gasteiger partial charge in [0.05, 0.1) is 5.69 Å². The molecule has 0 radical (unpaired) electrons. The van der Waals surface area contributed by atoms with E-state index >= 15 is 0 Å². The summed E-state index contributed by atoms with van der Waals surface area (Å²) in [7, 11) is 0. The highest BCUT2D eigenvalue weighted by molar-refractivity contribution is 5.94. The normalized spacial score (nSPS) is 12.7. The lowest BCUT2D eigenvalue weighted by atomic mass is 10.1. The lowest BCUT2D eigenvalue weighted by Crippen LogP contribution is -2.24. The molecule has 1 amide bonds. The summed E-state index contributed by atoms with van der Waals surface area (Å²) in [6.45, 7) is 3.39. The van der Waals surface area contributed by atoms with Crippen molar-refractivity contribution in [3.8, 4) is 17.2 Å². The first kappa shape index (κ1) is 16.2. The first-order chi connectivity index (χ1) is 12.7. The fraction of sp³-hybridized carbons (Fsp3) is 0.200. The molecule has 1 aliphatic rings. The molecule has 1 aromatic heterocycles. The lowest BCUT2D eigenvalue weighted by molar-refractivity contribution is 0.0949. The fourth-order valence-electron chi connectivity index (χ4n) is 2.99. The van der Waals surface area contributed by atoms with Crippen LogP contribution < -0.4 is 14.8 Å². The smallest absolute Gasteiger partial charge is 0.251 e. The molecule has 0 aliphatic carbocycles. The Bertz CT molecular complexity index is 949. The molecule has 0 unspecified atom stereocenters. The number of imidazole rings is 1. The molecule has 0 spiro atoms. The second kappa shape index (κ2) is 6.92. The zero-order valence-electron chi connectivity index (χ0n) is 14.4. The Morgan fingerprint density at radius 1 is 1.15 bits per heavy atom. The number of hydrogen-bond donors (Lipinski definition) is 1. The van der Waals surface area contributed by atoms with Gasteiger partial charge in [0.2, 0.25) is 0 Å². The molecular weight excluding hydrogens is 330 g/mol. The molecule has 0 saturated carbocycles. The number of aromatic nitrogens is 2. The monoisotopic (exact) mass is 349 g/mol. The van der Waals surface area contributed by atoms with Gasteiger partial charge in [-0.05, 0) is 36.8 Å². The van der Waals surface area contributed by atoms with Gasteiger partial charge in [-0.3, -0.25) is 4.79 Å². The average molecular weight is 349 g/mol. The molecule has 3 aromatic rings. The van der Waals surface area contributed by atoms with Crippen LogP contribution in [0.4, 0.5) is 0 Å². The Morgan fingerprint density at radius 2 is 1.96 bits per heavy atom. The van der Waals surface area contributed by atoms with E-state index in [0.717, 1.165) is 17.1 Å². The van der Waals surface area contributed by atoms with Gasteiger partial charge in [0, 0.05) is 24.5 Å². The summed E-state index contributed by atoms with van der Waals surface area (Å²) >= 11 is 0. The van der Waals surface area contributed by atoms with Gasteiger partial charge < -0.3 is 19.4 Å². The summed E-state index contributed by atoms with van der Waals surface area (Å²) in [5.74, 6) is 2.03. The van der Waals surface area contributed by atoms with E-state index in [9.17, 15) is 4.79 Å². The van der Waals surface area contributed by atoms with Gasteiger partial charge >= 0.3 is 0 Å². The van der Waals surface area contributed by atoms with Crippen LogP contribution in [0.15, 0.2) is 54.9 Å². The topological polar surface area (TPSA) is 65.4 Å². The molecule has 6 heteroatoms. The average Bonchev–Trinajstić information content (AvgIpc) is 3.11. The standard InChI is InChI=1S/C20H19N3O3/c1-14-21-8-9-23(14)17-5-3-2-4-16(17)13-22-20(24)15-6-7-18-19(12-15)26-11-10-25-18/h2-9,12H,10-11,13H2,1H3,(H,22,24). The summed E-state index contributed by atoms with van der Waals surface area (Å²) < 4.78 is 13.0. The first-order valence-electron chi connectivity index (χ1n) is 8.48. The highest BCUT2D eigenvalue weighted by atomic mass is 16.6. The van der Waals surface area contributed by atoms with Gasteiger partial charge in [0.25, 0.3) is 5.91 Å². The van der Waals surface area contributed by atoms with Crippen LogP contribution in [0, 0.1) is 6.92 Å². The fourth-order valence-corrected chi connectivity index (χ4v) is 2.99. The van der Waals surface area contributed by atoms with Crippen molar-refractivity contribution >= 4 is 5.91 Å². The van der Waals surface area contributed by atoms with Crippen molar-refractivity contribution in [3.63, 3.8) is 0 Å². The number of ether oxygens (including phenoxy) is 2. The number of carbonyl (C=O) groups is 1. The molecule has 1 N–H and O–H groups in total. The van der Waals surface area contributed by atoms with Crippen molar-refractivity contribution in [1.82, 2.24) is 14.9 Å². The van der Waals surface area contributed by atoms with Gasteiger partial charge in [-0.2, -0.15) is 0 Å². The molecule has 26 heavy (non-hydrogen) atoms. The summed E-state index contributed by atoms with van der Waals surface area (Å²) in [5.41, 5.74) is 2.56. The Balaban J connectivity index is 1.51. The number of aryl methyl sites for hydroxylation is 1. The largest absolute Gasteiger partial charge is 0.486 e. The van der Waals surface area contributed by atoms with E-state index in [4.69, 9.17) is 9.47 Å². The van der Waals surface area contributed by atoms with E-state index in [1.54, 1.807) is 24.4 Å². The van der Waals surface area contributed by atoms with Crippen LogP contribution in [0.2, 0.25) is 0 Å². The van der Waals surface area contributed by atoms with Crippen molar-refractivity contribution in [2.24, 2.45) is 0 Å². The number of fused-ring (bicyclic) bond motifs is 1. The van der Waals surface area contributed by atoms with E-state index in [2.05, 4.69) is 10.3 Å². The maximum Gasteiger partial charge on any atom is 0.251 e. The molecule has 2 aromatic carbocycles. The number of nitrogens with zero attached hydrogens (tertiary/aromatic N) is 2. The van der Waals surface area contributed by atoms with Crippen LogP contribution in [-0.4, -0.2) is 28.7 Å². The number of carbonyl (C=O) groups excluding carboxylic acids is 1. The summed E-state index contributed by atoms with van der Waals surface area (Å²) in [4.78, 5) is 16.8. The number of rotatable bonds is 4. The molecule has 0 saturated heterocycles. The third kappa shape index (κ3) is 3.13. The second-order valence-corrected chi connectivity index (χ2v) is 6.01. The molecule has 6 nitrogen and oxygen atoms in total. The third-order valence-electron chi connectivity index (χ3n) is 4.32. The van der Waals surface area contributed by atoms with E-state index in [1.807, 2.05) is 42.0 Å². The maximum atomic E-state index is 12.5. The predicted molar refractivity (Wildman–Crippen MR) is 96.9 cm³/mol. The minimum absolute atomic E-state index is 0.154. The number of nitrogens with one attached hydrogen (secondary N) is 1. The van der Waals surface area contributed by atoms with E-state index in [1.165, 1.54) is 0 Å². The molecule has 0 bridgehead atoms. The van der Waals surface area contributed by atoms with Gasteiger partial charge in [0.1, 0.15) is 19.0 Å². The molecule has 132 valence electrons. The highest BCUT2D eigenvalue weighted by Crippen LogP contribution is 2.30. The van der Waals surface area contributed by atoms with Crippen molar-refractivity contribution in [2.75, 3.05) is 13.2 Å². The third-order valence-corrected chi connectivity index (χ3v) is 4.32. The molecular formula is C20H19N3O3. The Kier molecular flexibility index (Phi) is 4.31. The number of amides is 1. The van der Waals surface area contributed by atoms with Gasteiger partial charge in [-0.25, -0.2) is 4.98 Å². The quantitative estimate of drug-likeness (QED) is 0.787. The van der Waals surface area contributed by atoms with E-state index in [-0.39, 0.29) is 5.91 Å². The minimum Gasteiger partial charge on any atom is -0.486 e. The second-order valence-electron chi connectivity index (χ2n) is 6.01. The van der Waals surface area contributed by atoms with Crippen molar-refractivity contribution in [1.29, 1.82) is 0 Å². The van der Waals surface area contributed by atoms with Gasteiger partial charge in [0.15, 0.2) is 11.5 Å². The number of para-hydroxylation sites is 1. The van der Waals surface area contributed by atoms with Crippen LogP contribution in [0.3, 0.4) is 0 Å². The summed E-state index contributed by atoms with van der Waals surface area (Å²) in [5, 5.41) is 2.97. The van der Waals surface area contributed by atoms with Crippen LogP contribution in [-0.2, 0) is 6.54 Å². The van der Waals surface area contributed by atoms with Crippen LogP contribution in [0.1, 0.15) is 21.7 Å². The molecule has 0 fully saturated rings. The maximum absolute atomic E-state index is 12.5.